The SMILES string of the molecule is O=C(N[C@@H]1C[C@H]2CC[C@@H]1C2)c1ccc(Cl)c(S(=O)(=O)N2CCCCC2)c1. The quantitative estimate of drug-likeness (QED) is 0.847. The molecule has 1 aromatic carbocycles. The highest BCUT2D eigenvalue weighted by Crippen LogP contribution is 2.44. The number of amides is 1. The van der Waals surface area contributed by atoms with Crippen molar-refractivity contribution in [3.63, 3.8) is 0 Å². The Morgan fingerprint density at radius 3 is 2.54 bits per heavy atom. The zero-order valence-corrected chi connectivity index (χ0v) is 16.4. The van der Waals surface area contributed by atoms with Crippen molar-refractivity contribution in [2.45, 2.75) is 55.9 Å². The molecular weight excluding hydrogens is 372 g/mol. The minimum Gasteiger partial charge on any atom is -0.349 e. The minimum atomic E-state index is -3.66. The fraction of sp³-hybridized carbons (Fsp3) is 0.632. The van der Waals surface area contributed by atoms with Gasteiger partial charge < -0.3 is 5.32 Å². The molecule has 2 bridgehead atoms. The number of carbonyl (C=O) groups is 1. The van der Waals surface area contributed by atoms with E-state index in [0.717, 1.165) is 31.6 Å². The van der Waals surface area contributed by atoms with Gasteiger partial charge in [-0.15, -0.1) is 0 Å². The minimum absolute atomic E-state index is 0.0432. The van der Waals surface area contributed by atoms with E-state index in [9.17, 15) is 13.2 Å². The molecule has 1 amide bonds. The van der Waals surface area contributed by atoms with E-state index in [-0.39, 0.29) is 21.9 Å². The van der Waals surface area contributed by atoms with Crippen LogP contribution in [0.2, 0.25) is 5.02 Å². The van der Waals surface area contributed by atoms with Gasteiger partial charge in [-0.25, -0.2) is 8.42 Å². The molecule has 3 atom stereocenters. The molecule has 2 saturated carbocycles. The van der Waals surface area contributed by atoms with Crippen LogP contribution in [0.4, 0.5) is 0 Å². The Morgan fingerprint density at radius 1 is 1.12 bits per heavy atom. The molecular formula is C19H25ClN2O3S. The average molecular weight is 397 g/mol. The summed E-state index contributed by atoms with van der Waals surface area (Å²) in [6.45, 7) is 1.03. The van der Waals surface area contributed by atoms with Crippen molar-refractivity contribution in [2.24, 2.45) is 11.8 Å². The van der Waals surface area contributed by atoms with E-state index in [1.165, 1.54) is 35.7 Å². The third kappa shape index (κ3) is 3.39. The second-order valence-electron chi connectivity index (χ2n) is 7.86. The fourth-order valence-corrected chi connectivity index (χ4v) is 6.78. The van der Waals surface area contributed by atoms with Crippen molar-refractivity contribution < 1.29 is 13.2 Å². The van der Waals surface area contributed by atoms with E-state index in [1.807, 2.05) is 0 Å². The van der Waals surface area contributed by atoms with Crippen molar-refractivity contribution in [1.29, 1.82) is 0 Å². The van der Waals surface area contributed by atoms with Gasteiger partial charge in [0, 0.05) is 24.7 Å². The predicted molar refractivity (Wildman–Crippen MR) is 101 cm³/mol. The summed E-state index contributed by atoms with van der Waals surface area (Å²) in [7, 11) is -3.66. The van der Waals surface area contributed by atoms with Gasteiger partial charge in [-0.2, -0.15) is 4.31 Å². The standard InChI is InChI=1S/C19H25ClN2O3S/c20-16-7-6-15(19(23)21-17-11-13-4-5-14(17)10-13)12-18(16)26(24,25)22-8-2-1-3-9-22/h6-7,12-14,17H,1-5,8-11H2,(H,21,23)/t13-,14+,17+/m0/s1. The lowest BCUT2D eigenvalue weighted by Gasteiger charge is -2.26. The molecule has 1 aromatic rings. The van der Waals surface area contributed by atoms with Gasteiger partial charge in [0.2, 0.25) is 10.0 Å². The van der Waals surface area contributed by atoms with Crippen LogP contribution in [0.25, 0.3) is 0 Å². The lowest BCUT2D eigenvalue weighted by molar-refractivity contribution is 0.0922. The first-order valence-electron chi connectivity index (χ1n) is 9.56. The molecule has 0 aromatic heterocycles. The highest BCUT2D eigenvalue weighted by Gasteiger charge is 2.40. The molecule has 0 unspecified atom stereocenters. The number of rotatable bonds is 4. The number of nitrogens with one attached hydrogen (secondary N) is 1. The largest absolute Gasteiger partial charge is 0.349 e. The zero-order valence-electron chi connectivity index (χ0n) is 14.8. The Labute approximate surface area is 160 Å². The normalized spacial score (nSPS) is 29.0. The molecule has 3 aliphatic rings. The third-order valence-electron chi connectivity index (χ3n) is 6.18. The molecule has 142 valence electrons. The molecule has 5 nitrogen and oxygen atoms in total. The maximum atomic E-state index is 12.9. The number of nitrogens with zero attached hydrogens (tertiary/aromatic N) is 1. The Hall–Kier alpha value is -1.11. The maximum Gasteiger partial charge on any atom is 0.251 e. The van der Waals surface area contributed by atoms with Gasteiger partial charge in [0.25, 0.3) is 5.91 Å². The van der Waals surface area contributed by atoms with Crippen molar-refractivity contribution in [1.82, 2.24) is 9.62 Å². The summed E-state index contributed by atoms with van der Waals surface area (Å²) in [6, 6.07) is 4.79. The zero-order chi connectivity index (χ0) is 18.3. The summed E-state index contributed by atoms with van der Waals surface area (Å²) < 4.78 is 27.4. The summed E-state index contributed by atoms with van der Waals surface area (Å²) in [6.07, 6.45) is 7.48. The van der Waals surface area contributed by atoms with Crippen LogP contribution in [0.3, 0.4) is 0 Å². The molecule has 2 aliphatic carbocycles. The van der Waals surface area contributed by atoms with Gasteiger partial charge in [0.1, 0.15) is 4.90 Å². The Balaban J connectivity index is 1.54. The van der Waals surface area contributed by atoms with E-state index in [0.29, 0.717) is 24.6 Å². The van der Waals surface area contributed by atoms with Crippen molar-refractivity contribution in [3.8, 4) is 0 Å². The monoisotopic (exact) mass is 396 g/mol. The Bertz CT molecular complexity index is 805. The van der Waals surface area contributed by atoms with Gasteiger partial charge >= 0.3 is 0 Å². The molecule has 0 radical (unpaired) electrons. The first-order chi connectivity index (χ1) is 12.4. The van der Waals surface area contributed by atoms with Crippen LogP contribution in [-0.2, 0) is 10.0 Å². The van der Waals surface area contributed by atoms with E-state index in [4.69, 9.17) is 11.6 Å². The number of benzene rings is 1. The van der Waals surface area contributed by atoms with Crippen molar-refractivity contribution in [3.05, 3.63) is 28.8 Å². The lowest BCUT2D eigenvalue weighted by Crippen LogP contribution is -2.39. The van der Waals surface area contributed by atoms with Crippen molar-refractivity contribution >= 4 is 27.5 Å². The molecule has 4 rings (SSSR count). The molecule has 7 heteroatoms. The smallest absolute Gasteiger partial charge is 0.251 e. The van der Waals surface area contributed by atoms with Crippen LogP contribution in [0.5, 0.6) is 0 Å². The maximum absolute atomic E-state index is 12.9. The number of hydrogen-bond donors (Lipinski definition) is 1. The topological polar surface area (TPSA) is 66.5 Å². The van der Waals surface area contributed by atoms with Gasteiger partial charge in [-0.05, 0) is 62.1 Å². The Morgan fingerprint density at radius 2 is 1.88 bits per heavy atom. The Kier molecular flexibility index (Phi) is 5.01. The molecule has 3 fully saturated rings. The highest BCUT2D eigenvalue weighted by molar-refractivity contribution is 7.89. The number of fused-ring (bicyclic) bond motifs is 2. The summed E-state index contributed by atoms with van der Waals surface area (Å²) in [4.78, 5) is 12.7. The van der Waals surface area contributed by atoms with Crippen LogP contribution in [0.1, 0.15) is 55.3 Å². The van der Waals surface area contributed by atoms with Gasteiger partial charge in [0.15, 0.2) is 0 Å². The van der Waals surface area contributed by atoms with E-state index in [1.54, 1.807) is 6.07 Å². The molecule has 1 heterocycles. The van der Waals surface area contributed by atoms with Gasteiger partial charge in [-0.1, -0.05) is 24.4 Å². The molecule has 1 N–H and O–H groups in total. The van der Waals surface area contributed by atoms with Gasteiger partial charge in [-0.3, -0.25) is 4.79 Å². The second-order valence-corrected chi connectivity index (χ2v) is 10.2. The van der Waals surface area contributed by atoms with Gasteiger partial charge in [0.05, 0.1) is 5.02 Å². The van der Waals surface area contributed by atoms with E-state index < -0.39 is 10.0 Å². The molecule has 0 spiro atoms. The summed E-state index contributed by atoms with van der Waals surface area (Å²) in [5, 5.41) is 3.29. The van der Waals surface area contributed by atoms with Crippen LogP contribution >= 0.6 is 11.6 Å². The summed E-state index contributed by atoms with van der Waals surface area (Å²) in [5.74, 6) is 1.12. The predicted octanol–water partition coefficient (Wildman–Crippen LogP) is 3.43. The lowest BCUT2D eigenvalue weighted by atomic mass is 9.95. The van der Waals surface area contributed by atoms with Crippen LogP contribution in [-0.4, -0.2) is 37.8 Å². The average Bonchev–Trinajstić information content (AvgIpc) is 3.25. The molecule has 1 saturated heterocycles. The van der Waals surface area contributed by atoms with Crippen LogP contribution in [0, 0.1) is 11.8 Å². The van der Waals surface area contributed by atoms with E-state index in [2.05, 4.69) is 5.32 Å². The first kappa shape index (κ1) is 18.3. The first-order valence-corrected chi connectivity index (χ1v) is 11.4. The molecule has 1 aliphatic heterocycles. The summed E-state index contributed by atoms with van der Waals surface area (Å²) in [5.41, 5.74) is 0.368. The van der Waals surface area contributed by atoms with Crippen molar-refractivity contribution in [2.75, 3.05) is 13.1 Å². The van der Waals surface area contributed by atoms with E-state index >= 15 is 0 Å². The second kappa shape index (κ2) is 7.13. The number of sulfonamides is 1. The summed E-state index contributed by atoms with van der Waals surface area (Å²) >= 11 is 6.19. The number of halogens is 1. The van der Waals surface area contributed by atoms with Crippen LogP contribution < -0.4 is 5.32 Å². The third-order valence-corrected chi connectivity index (χ3v) is 8.56. The highest BCUT2D eigenvalue weighted by atomic mass is 35.5. The van der Waals surface area contributed by atoms with Crippen LogP contribution in [0.15, 0.2) is 23.1 Å². The number of piperidine rings is 1. The number of hydrogen-bond acceptors (Lipinski definition) is 3. The fourth-order valence-electron chi connectivity index (χ4n) is 4.76. The molecule has 26 heavy (non-hydrogen) atoms. The number of carbonyl (C=O) groups excluding carboxylic acids is 1.